The highest BCUT2D eigenvalue weighted by molar-refractivity contribution is 7.90. The van der Waals surface area contributed by atoms with Crippen molar-refractivity contribution in [1.29, 1.82) is 0 Å². The van der Waals surface area contributed by atoms with Gasteiger partial charge in [-0.2, -0.15) is 0 Å². The van der Waals surface area contributed by atoms with Crippen molar-refractivity contribution in [3.8, 4) is 0 Å². The van der Waals surface area contributed by atoms with Crippen LogP contribution in [0.3, 0.4) is 0 Å². The fourth-order valence-corrected chi connectivity index (χ4v) is 2.02. The van der Waals surface area contributed by atoms with Crippen molar-refractivity contribution < 1.29 is 23.2 Å². The van der Waals surface area contributed by atoms with E-state index in [0.717, 1.165) is 12.3 Å². The lowest BCUT2D eigenvalue weighted by Gasteiger charge is -2.06. The number of carboxylic acids is 1. The van der Waals surface area contributed by atoms with E-state index in [2.05, 4.69) is 10.1 Å². The minimum Gasteiger partial charge on any atom is -0.476 e. The summed E-state index contributed by atoms with van der Waals surface area (Å²) < 4.78 is 22.8. The fourth-order valence-electron chi connectivity index (χ4n) is 1.22. The standard InChI is InChI=1S/C10H13N3O5S/c1-3-18-13-9(11)6-4-5-7(19(2,16)17)8(12-6)10(14)15/h4-5H,3H2,1-2H3,(H2,11,13)(H,14,15). The van der Waals surface area contributed by atoms with E-state index in [9.17, 15) is 13.2 Å². The number of pyridine rings is 1. The molecular weight excluding hydrogens is 274 g/mol. The Hall–Kier alpha value is -2.16. The SMILES string of the molecule is CCO/N=C(\N)c1ccc(S(C)(=O)=O)c(C(=O)O)n1. The summed E-state index contributed by atoms with van der Waals surface area (Å²) in [6.45, 7) is 1.98. The topological polar surface area (TPSA) is 132 Å². The molecule has 0 aliphatic heterocycles. The third-order valence-corrected chi connectivity index (χ3v) is 3.14. The Balaban J connectivity index is 3.36. The molecule has 0 unspecified atom stereocenters. The maximum atomic E-state index is 11.4. The Morgan fingerprint density at radius 2 is 2.16 bits per heavy atom. The smallest absolute Gasteiger partial charge is 0.355 e. The number of aromatic carboxylic acids is 1. The summed E-state index contributed by atoms with van der Waals surface area (Å²) in [5, 5.41) is 12.5. The zero-order chi connectivity index (χ0) is 14.6. The molecular formula is C10H13N3O5S. The molecule has 3 N–H and O–H groups in total. The Morgan fingerprint density at radius 3 is 2.63 bits per heavy atom. The van der Waals surface area contributed by atoms with E-state index in [1.54, 1.807) is 6.92 Å². The van der Waals surface area contributed by atoms with Gasteiger partial charge in [0.05, 0.1) is 4.90 Å². The van der Waals surface area contributed by atoms with E-state index >= 15 is 0 Å². The van der Waals surface area contributed by atoms with Crippen molar-refractivity contribution in [2.45, 2.75) is 11.8 Å². The van der Waals surface area contributed by atoms with Gasteiger partial charge in [-0.1, -0.05) is 5.16 Å². The molecule has 0 aliphatic carbocycles. The van der Waals surface area contributed by atoms with Gasteiger partial charge in [0.15, 0.2) is 21.4 Å². The van der Waals surface area contributed by atoms with Crippen LogP contribution in [0.25, 0.3) is 0 Å². The van der Waals surface area contributed by atoms with Crippen LogP contribution < -0.4 is 5.73 Å². The zero-order valence-electron chi connectivity index (χ0n) is 10.3. The van der Waals surface area contributed by atoms with Gasteiger partial charge < -0.3 is 15.7 Å². The first-order valence-electron chi connectivity index (χ1n) is 5.17. The highest BCUT2D eigenvalue weighted by atomic mass is 32.2. The maximum Gasteiger partial charge on any atom is 0.355 e. The summed E-state index contributed by atoms with van der Waals surface area (Å²) in [4.78, 5) is 19.0. The lowest BCUT2D eigenvalue weighted by molar-refractivity contribution is 0.0685. The second-order valence-electron chi connectivity index (χ2n) is 3.51. The third-order valence-electron chi connectivity index (χ3n) is 2.01. The third kappa shape index (κ3) is 3.65. The minimum atomic E-state index is -3.69. The first-order chi connectivity index (χ1) is 8.77. The highest BCUT2D eigenvalue weighted by Gasteiger charge is 2.21. The molecule has 0 aromatic carbocycles. The predicted molar refractivity (Wildman–Crippen MR) is 66.7 cm³/mol. The quantitative estimate of drug-likeness (QED) is 0.437. The molecule has 9 heteroatoms. The number of carbonyl (C=O) groups is 1. The zero-order valence-corrected chi connectivity index (χ0v) is 11.1. The van der Waals surface area contributed by atoms with Crippen molar-refractivity contribution in [1.82, 2.24) is 4.98 Å². The number of hydrogen-bond donors (Lipinski definition) is 2. The molecule has 0 radical (unpaired) electrons. The summed E-state index contributed by atoms with van der Waals surface area (Å²) in [6, 6.07) is 2.39. The summed E-state index contributed by atoms with van der Waals surface area (Å²) in [5.41, 5.74) is 4.95. The molecule has 1 rings (SSSR count). The van der Waals surface area contributed by atoms with Gasteiger partial charge in [-0.15, -0.1) is 0 Å². The van der Waals surface area contributed by atoms with Gasteiger partial charge in [-0.25, -0.2) is 18.2 Å². The molecule has 1 heterocycles. The molecule has 0 spiro atoms. The van der Waals surface area contributed by atoms with Crippen molar-refractivity contribution in [2.75, 3.05) is 12.9 Å². The van der Waals surface area contributed by atoms with Gasteiger partial charge in [0.25, 0.3) is 0 Å². The van der Waals surface area contributed by atoms with Gasteiger partial charge in [-0.3, -0.25) is 0 Å². The average molecular weight is 287 g/mol. The monoisotopic (exact) mass is 287 g/mol. The predicted octanol–water partition coefficient (Wildman–Crippen LogP) is -0.160. The van der Waals surface area contributed by atoms with Gasteiger partial charge in [0.1, 0.15) is 12.3 Å². The average Bonchev–Trinajstić information content (AvgIpc) is 2.34. The molecule has 0 bridgehead atoms. The minimum absolute atomic E-state index is 0.0262. The van der Waals surface area contributed by atoms with Gasteiger partial charge in [-0.05, 0) is 19.1 Å². The van der Waals surface area contributed by atoms with E-state index in [-0.39, 0.29) is 23.0 Å². The maximum absolute atomic E-state index is 11.4. The molecule has 0 saturated heterocycles. The molecule has 0 saturated carbocycles. The van der Waals surface area contributed by atoms with Gasteiger partial charge in [0, 0.05) is 6.26 Å². The van der Waals surface area contributed by atoms with Crippen LogP contribution in [-0.2, 0) is 14.7 Å². The number of amidine groups is 1. The molecule has 1 aromatic rings. The van der Waals surface area contributed by atoms with Crippen LogP contribution in [0, 0.1) is 0 Å². The number of aromatic nitrogens is 1. The van der Waals surface area contributed by atoms with E-state index in [4.69, 9.17) is 15.7 Å². The number of sulfone groups is 1. The van der Waals surface area contributed by atoms with E-state index < -0.39 is 21.5 Å². The van der Waals surface area contributed by atoms with E-state index in [0.29, 0.717) is 0 Å². The first-order valence-corrected chi connectivity index (χ1v) is 7.06. The summed E-state index contributed by atoms with van der Waals surface area (Å²) in [6.07, 6.45) is 0.897. The van der Waals surface area contributed by atoms with Crippen molar-refractivity contribution in [3.05, 3.63) is 23.5 Å². The summed E-state index contributed by atoms with van der Waals surface area (Å²) in [7, 11) is -3.69. The van der Waals surface area contributed by atoms with Crippen LogP contribution in [0.15, 0.2) is 22.2 Å². The molecule has 1 aromatic heterocycles. The molecule has 8 nitrogen and oxygen atoms in total. The number of nitrogens with two attached hydrogens (primary N) is 1. The molecule has 0 aliphatic rings. The molecule has 0 fully saturated rings. The van der Waals surface area contributed by atoms with Crippen LogP contribution in [0.1, 0.15) is 23.1 Å². The number of rotatable bonds is 5. The lowest BCUT2D eigenvalue weighted by Crippen LogP contribution is -2.19. The molecule has 0 atom stereocenters. The number of carboxylic acid groups (broad SMARTS) is 1. The Labute approximate surface area is 109 Å². The molecule has 104 valence electrons. The van der Waals surface area contributed by atoms with Crippen LogP contribution >= 0.6 is 0 Å². The second-order valence-corrected chi connectivity index (χ2v) is 5.50. The summed E-state index contributed by atoms with van der Waals surface area (Å²) >= 11 is 0. The van der Waals surface area contributed by atoms with Crippen molar-refractivity contribution in [2.24, 2.45) is 10.9 Å². The largest absolute Gasteiger partial charge is 0.476 e. The second kappa shape index (κ2) is 5.65. The van der Waals surface area contributed by atoms with Crippen molar-refractivity contribution >= 4 is 21.6 Å². The highest BCUT2D eigenvalue weighted by Crippen LogP contribution is 2.14. The van der Waals surface area contributed by atoms with Crippen LogP contribution in [0.2, 0.25) is 0 Å². The van der Waals surface area contributed by atoms with E-state index in [1.165, 1.54) is 6.07 Å². The Bertz CT molecular complexity index is 624. The molecule has 0 amide bonds. The number of nitrogens with zero attached hydrogens (tertiary/aromatic N) is 2. The normalized spacial score (nSPS) is 12.2. The Morgan fingerprint density at radius 1 is 1.53 bits per heavy atom. The van der Waals surface area contributed by atoms with Gasteiger partial charge >= 0.3 is 5.97 Å². The number of hydrogen-bond acceptors (Lipinski definition) is 6. The fraction of sp³-hybridized carbons (Fsp3) is 0.300. The van der Waals surface area contributed by atoms with Gasteiger partial charge in [0.2, 0.25) is 0 Å². The van der Waals surface area contributed by atoms with E-state index in [1.807, 2.05) is 0 Å². The van der Waals surface area contributed by atoms with Crippen LogP contribution in [0.4, 0.5) is 0 Å². The Kier molecular flexibility index (Phi) is 4.43. The number of oxime groups is 1. The molecule has 19 heavy (non-hydrogen) atoms. The van der Waals surface area contributed by atoms with Crippen LogP contribution in [-0.4, -0.2) is 43.2 Å². The first kappa shape index (κ1) is 14.9. The summed E-state index contributed by atoms with van der Waals surface area (Å²) in [5.74, 6) is -1.60. The van der Waals surface area contributed by atoms with Crippen LogP contribution in [0.5, 0.6) is 0 Å². The van der Waals surface area contributed by atoms with Crippen molar-refractivity contribution in [3.63, 3.8) is 0 Å². The lowest BCUT2D eigenvalue weighted by atomic mass is 10.3.